The van der Waals surface area contributed by atoms with Crippen LogP contribution in [0.25, 0.3) is 21.8 Å². The van der Waals surface area contributed by atoms with Crippen LogP contribution in [0.2, 0.25) is 10.0 Å². The second kappa shape index (κ2) is 7.14. The van der Waals surface area contributed by atoms with Crippen molar-refractivity contribution in [1.29, 1.82) is 0 Å². The van der Waals surface area contributed by atoms with Gasteiger partial charge in [0.05, 0.1) is 19.8 Å². The van der Waals surface area contributed by atoms with Crippen LogP contribution in [0.4, 0.5) is 0 Å². The summed E-state index contributed by atoms with van der Waals surface area (Å²) in [5, 5.41) is 14.2. The first-order valence-corrected chi connectivity index (χ1v) is 9.34. The topological polar surface area (TPSA) is 38.8 Å². The maximum absolute atomic E-state index is 10.7. The molecule has 6 heteroatoms. The van der Waals surface area contributed by atoms with E-state index < -0.39 is 6.10 Å². The molecule has 25 heavy (non-hydrogen) atoms. The number of aliphatic hydroxyl groups excluding tert-OH is 1. The van der Waals surface area contributed by atoms with Crippen molar-refractivity contribution in [1.82, 2.24) is 4.57 Å². The number of fused-ring (bicyclic) bond motifs is 3. The van der Waals surface area contributed by atoms with Crippen molar-refractivity contribution in [3.63, 3.8) is 0 Å². The van der Waals surface area contributed by atoms with Crippen LogP contribution in [0.1, 0.15) is 0 Å². The van der Waals surface area contributed by atoms with Crippen molar-refractivity contribution >= 4 is 45.0 Å². The standard InChI is InChI=1S/C19H20Cl2N2O2/c20-13-1-3-18-16(9-13)17-10-14(21)2-4-19(17)23(18)12-15(24)11-22-5-7-25-8-6-22/h1-4,9-10,15,24H,5-8,11-12H2/p+1. The molecule has 1 saturated heterocycles. The van der Waals surface area contributed by atoms with Gasteiger partial charge in [0.2, 0.25) is 0 Å². The molecule has 0 saturated carbocycles. The van der Waals surface area contributed by atoms with Crippen LogP contribution in [0.5, 0.6) is 0 Å². The number of hydrogen-bond donors (Lipinski definition) is 2. The van der Waals surface area contributed by atoms with E-state index in [1.165, 1.54) is 4.90 Å². The summed E-state index contributed by atoms with van der Waals surface area (Å²) < 4.78 is 7.56. The number of ether oxygens (including phenoxy) is 1. The second-order valence-corrected chi connectivity index (χ2v) is 7.53. The number of halogens is 2. The second-order valence-electron chi connectivity index (χ2n) is 6.65. The molecule has 0 amide bonds. The van der Waals surface area contributed by atoms with Crippen molar-refractivity contribution in [3.8, 4) is 0 Å². The molecule has 132 valence electrons. The van der Waals surface area contributed by atoms with Gasteiger partial charge in [-0.05, 0) is 36.4 Å². The fourth-order valence-electron chi connectivity index (χ4n) is 3.72. The van der Waals surface area contributed by atoms with E-state index in [-0.39, 0.29) is 0 Å². The average molecular weight is 380 g/mol. The van der Waals surface area contributed by atoms with Gasteiger partial charge in [0, 0.05) is 31.9 Å². The summed E-state index contributed by atoms with van der Waals surface area (Å²) in [4.78, 5) is 1.39. The Morgan fingerprint density at radius 2 is 1.56 bits per heavy atom. The molecule has 2 heterocycles. The Balaban J connectivity index is 1.69. The van der Waals surface area contributed by atoms with Crippen LogP contribution in [-0.4, -0.2) is 48.6 Å². The molecule has 0 spiro atoms. The zero-order chi connectivity index (χ0) is 17.4. The van der Waals surface area contributed by atoms with Crippen molar-refractivity contribution in [2.75, 3.05) is 32.8 Å². The summed E-state index contributed by atoms with van der Waals surface area (Å²) in [7, 11) is 0. The Hall–Kier alpha value is -1.30. The molecule has 2 N–H and O–H groups in total. The maximum atomic E-state index is 10.7. The normalized spacial score (nSPS) is 17.4. The van der Waals surface area contributed by atoms with Gasteiger partial charge in [0.1, 0.15) is 25.7 Å². The molecule has 0 radical (unpaired) electrons. The molecule has 0 aliphatic carbocycles. The number of nitrogens with zero attached hydrogens (tertiary/aromatic N) is 1. The van der Waals surface area contributed by atoms with Gasteiger partial charge in [-0.25, -0.2) is 0 Å². The van der Waals surface area contributed by atoms with Gasteiger partial charge in [-0.15, -0.1) is 0 Å². The Labute approximate surface area is 156 Å². The Morgan fingerprint density at radius 1 is 1.00 bits per heavy atom. The van der Waals surface area contributed by atoms with Gasteiger partial charge in [-0.1, -0.05) is 23.2 Å². The predicted octanol–water partition coefficient (Wildman–Crippen LogP) is 2.38. The van der Waals surface area contributed by atoms with Crippen molar-refractivity contribution in [2.45, 2.75) is 12.6 Å². The Bertz CT molecular complexity index is 844. The number of aliphatic hydroxyl groups is 1. The Morgan fingerprint density at radius 3 is 2.12 bits per heavy atom. The third-order valence-electron chi connectivity index (χ3n) is 4.91. The van der Waals surface area contributed by atoms with E-state index in [2.05, 4.69) is 4.57 Å². The minimum Gasteiger partial charge on any atom is -0.385 e. The lowest BCUT2D eigenvalue weighted by molar-refractivity contribution is -0.911. The number of quaternary nitrogens is 1. The molecule has 1 unspecified atom stereocenters. The Kier molecular flexibility index (Phi) is 4.89. The molecule has 1 fully saturated rings. The van der Waals surface area contributed by atoms with Crippen molar-refractivity contribution < 1.29 is 14.7 Å². The number of hydrogen-bond acceptors (Lipinski definition) is 2. The number of benzene rings is 2. The average Bonchev–Trinajstić information content (AvgIpc) is 2.88. The summed E-state index contributed by atoms with van der Waals surface area (Å²) in [6, 6.07) is 11.7. The minimum absolute atomic E-state index is 0.418. The number of rotatable bonds is 4. The monoisotopic (exact) mass is 379 g/mol. The van der Waals surface area contributed by atoms with Gasteiger partial charge in [0.15, 0.2) is 0 Å². The minimum atomic E-state index is -0.418. The SMILES string of the molecule is OC(Cn1c2ccc(Cl)cc2c2cc(Cl)ccc21)C[NH+]1CCOCC1. The number of nitrogens with one attached hydrogen (secondary N) is 1. The van der Waals surface area contributed by atoms with Crippen LogP contribution >= 0.6 is 23.2 Å². The van der Waals surface area contributed by atoms with Crippen LogP contribution < -0.4 is 4.90 Å². The molecule has 1 aliphatic heterocycles. The van der Waals surface area contributed by atoms with Gasteiger partial charge in [-0.2, -0.15) is 0 Å². The van der Waals surface area contributed by atoms with Gasteiger partial charge < -0.3 is 19.3 Å². The molecule has 1 aliphatic rings. The van der Waals surface area contributed by atoms with E-state index in [0.717, 1.165) is 54.7 Å². The van der Waals surface area contributed by atoms with Crippen molar-refractivity contribution in [3.05, 3.63) is 46.4 Å². The molecular weight excluding hydrogens is 359 g/mol. The highest BCUT2D eigenvalue weighted by molar-refractivity contribution is 6.33. The maximum Gasteiger partial charge on any atom is 0.121 e. The highest BCUT2D eigenvalue weighted by Gasteiger charge is 2.20. The van der Waals surface area contributed by atoms with E-state index in [0.29, 0.717) is 16.6 Å². The summed E-state index contributed by atoms with van der Waals surface area (Å²) in [5.74, 6) is 0. The van der Waals surface area contributed by atoms with E-state index >= 15 is 0 Å². The smallest absolute Gasteiger partial charge is 0.121 e. The van der Waals surface area contributed by atoms with E-state index in [4.69, 9.17) is 27.9 Å². The molecule has 1 atom stereocenters. The summed E-state index contributed by atoms with van der Waals surface area (Å²) >= 11 is 12.4. The van der Waals surface area contributed by atoms with Crippen LogP contribution in [0.15, 0.2) is 36.4 Å². The van der Waals surface area contributed by atoms with E-state index in [1.54, 1.807) is 0 Å². The zero-order valence-corrected chi connectivity index (χ0v) is 15.4. The molecule has 1 aromatic heterocycles. The van der Waals surface area contributed by atoms with Gasteiger partial charge in [0.25, 0.3) is 0 Å². The lowest BCUT2D eigenvalue weighted by Crippen LogP contribution is -3.15. The summed E-state index contributed by atoms with van der Waals surface area (Å²) in [6.45, 7) is 4.73. The fraction of sp³-hybridized carbons (Fsp3) is 0.368. The largest absolute Gasteiger partial charge is 0.385 e. The fourth-order valence-corrected chi connectivity index (χ4v) is 4.06. The molecule has 0 bridgehead atoms. The molecule has 4 nitrogen and oxygen atoms in total. The van der Waals surface area contributed by atoms with Gasteiger partial charge in [-0.3, -0.25) is 0 Å². The van der Waals surface area contributed by atoms with Gasteiger partial charge >= 0.3 is 0 Å². The quantitative estimate of drug-likeness (QED) is 0.730. The van der Waals surface area contributed by atoms with E-state index in [1.807, 2.05) is 36.4 Å². The third-order valence-corrected chi connectivity index (χ3v) is 5.38. The number of morpholine rings is 1. The number of aromatic nitrogens is 1. The predicted molar refractivity (Wildman–Crippen MR) is 102 cm³/mol. The first-order valence-electron chi connectivity index (χ1n) is 8.58. The van der Waals surface area contributed by atoms with Crippen LogP contribution in [0, 0.1) is 0 Å². The van der Waals surface area contributed by atoms with E-state index in [9.17, 15) is 5.11 Å². The first-order chi connectivity index (χ1) is 12.1. The van der Waals surface area contributed by atoms with Crippen molar-refractivity contribution in [2.24, 2.45) is 0 Å². The highest BCUT2D eigenvalue weighted by atomic mass is 35.5. The molecular formula is C19H21Cl2N2O2+. The molecule has 3 aromatic rings. The lowest BCUT2D eigenvalue weighted by atomic mass is 10.1. The first kappa shape index (κ1) is 17.1. The summed E-state index contributed by atoms with van der Waals surface area (Å²) in [5.41, 5.74) is 2.13. The molecule has 2 aromatic carbocycles. The third kappa shape index (κ3) is 3.50. The molecule has 4 rings (SSSR count). The van der Waals surface area contributed by atoms with Crippen LogP contribution in [-0.2, 0) is 11.3 Å². The zero-order valence-electron chi connectivity index (χ0n) is 13.8. The highest BCUT2D eigenvalue weighted by Crippen LogP contribution is 2.32. The summed E-state index contributed by atoms with van der Waals surface area (Å²) in [6.07, 6.45) is -0.418. The van der Waals surface area contributed by atoms with Crippen LogP contribution in [0.3, 0.4) is 0 Å². The lowest BCUT2D eigenvalue weighted by Gasteiger charge is -2.26.